The molecule has 25 heavy (non-hydrogen) atoms. The highest BCUT2D eigenvalue weighted by Gasteiger charge is 2.11. The lowest BCUT2D eigenvalue weighted by Crippen LogP contribution is -2.20. The Hall–Kier alpha value is -2.35. The Kier molecular flexibility index (Phi) is 9.31. The Balaban J connectivity index is 2.92. The summed E-state index contributed by atoms with van der Waals surface area (Å²) in [6.45, 7) is 13.2. The molecule has 0 saturated heterocycles. The van der Waals surface area contributed by atoms with Crippen LogP contribution in [0.4, 0.5) is 0 Å². The standard InChI is InChI=1S/C23H31NO/c1-6-8-13-19(3)21(5)24(16-9-7-2)18-20(4)23(25)17-22-14-11-10-12-15-22/h6,8,10-15,18H,5,7,9,16-17H2,1-4H3/b8-6-,19-13-,20-18+. The van der Waals surface area contributed by atoms with E-state index in [-0.39, 0.29) is 5.78 Å². The number of unbranched alkanes of at least 4 members (excludes halogenated alkanes) is 1. The summed E-state index contributed by atoms with van der Waals surface area (Å²) < 4.78 is 0. The van der Waals surface area contributed by atoms with Crippen molar-refractivity contribution in [2.45, 2.75) is 47.0 Å². The van der Waals surface area contributed by atoms with Crippen molar-refractivity contribution in [3.05, 3.63) is 83.7 Å². The van der Waals surface area contributed by atoms with Crippen molar-refractivity contribution >= 4 is 5.78 Å². The van der Waals surface area contributed by atoms with Gasteiger partial charge in [-0.05, 0) is 38.3 Å². The van der Waals surface area contributed by atoms with Gasteiger partial charge < -0.3 is 4.90 Å². The van der Waals surface area contributed by atoms with E-state index in [2.05, 4.69) is 31.4 Å². The zero-order chi connectivity index (χ0) is 18.7. The van der Waals surface area contributed by atoms with Gasteiger partial charge in [0, 0.05) is 30.4 Å². The Morgan fingerprint density at radius 2 is 1.84 bits per heavy atom. The predicted octanol–water partition coefficient (Wildman–Crippen LogP) is 5.84. The van der Waals surface area contributed by atoms with E-state index in [1.54, 1.807) is 0 Å². The summed E-state index contributed by atoms with van der Waals surface area (Å²) in [4.78, 5) is 14.6. The molecule has 0 bridgehead atoms. The van der Waals surface area contributed by atoms with Gasteiger partial charge in [-0.1, -0.05) is 68.5 Å². The molecule has 134 valence electrons. The lowest BCUT2D eigenvalue weighted by atomic mass is 10.0. The first kappa shape index (κ1) is 20.7. The van der Waals surface area contributed by atoms with Gasteiger partial charge in [0.15, 0.2) is 5.78 Å². The number of carbonyl (C=O) groups excluding carboxylic acids is 1. The Bertz CT molecular complexity index is 650. The number of ketones is 1. The van der Waals surface area contributed by atoms with Gasteiger partial charge in [0.25, 0.3) is 0 Å². The van der Waals surface area contributed by atoms with Gasteiger partial charge in [0.2, 0.25) is 0 Å². The maximum absolute atomic E-state index is 12.5. The second-order valence-corrected chi connectivity index (χ2v) is 6.27. The molecule has 0 fully saturated rings. The third-order valence-electron chi connectivity index (χ3n) is 4.09. The van der Waals surface area contributed by atoms with Crippen LogP contribution in [0.1, 0.15) is 46.1 Å². The van der Waals surface area contributed by atoms with Crippen LogP contribution in [0, 0.1) is 0 Å². The largest absolute Gasteiger partial charge is 0.348 e. The molecule has 2 heteroatoms. The number of Topliss-reactive ketones (excluding diaryl/α,β-unsaturated/α-hetero) is 1. The molecule has 0 aliphatic heterocycles. The average Bonchev–Trinajstić information content (AvgIpc) is 2.63. The summed E-state index contributed by atoms with van der Waals surface area (Å²) in [7, 11) is 0. The van der Waals surface area contributed by atoms with E-state index in [1.165, 1.54) is 0 Å². The first-order valence-electron chi connectivity index (χ1n) is 9.00. The minimum absolute atomic E-state index is 0.149. The van der Waals surface area contributed by atoms with Crippen molar-refractivity contribution in [1.29, 1.82) is 0 Å². The maximum atomic E-state index is 12.5. The summed E-state index contributed by atoms with van der Waals surface area (Å²) in [6.07, 6.45) is 10.6. The van der Waals surface area contributed by atoms with E-state index in [0.29, 0.717) is 6.42 Å². The van der Waals surface area contributed by atoms with Gasteiger partial charge in [0.05, 0.1) is 0 Å². The third-order valence-corrected chi connectivity index (χ3v) is 4.09. The van der Waals surface area contributed by atoms with Crippen LogP contribution in [-0.4, -0.2) is 17.2 Å². The van der Waals surface area contributed by atoms with Crippen LogP contribution >= 0.6 is 0 Å². The quantitative estimate of drug-likeness (QED) is 0.395. The molecule has 0 heterocycles. The van der Waals surface area contributed by atoms with Crippen molar-refractivity contribution < 1.29 is 4.79 Å². The summed E-state index contributed by atoms with van der Waals surface area (Å²) in [5.74, 6) is 0.149. The average molecular weight is 338 g/mol. The summed E-state index contributed by atoms with van der Waals surface area (Å²) in [6, 6.07) is 9.87. The van der Waals surface area contributed by atoms with Crippen molar-refractivity contribution in [3.63, 3.8) is 0 Å². The fourth-order valence-corrected chi connectivity index (χ4v) is 2.40. The molecule has 1 aromatic rings. The zero-order valence-corrected chi connectivity index (χ0v) is 16.1. The van der Waals surface area contributed by atoms with Crippen molar-refractivity contribution in [1.82, 2.24) is 4.90 Å². The Labute approximate surface area is 153 Å². The highest BCUT2D eigenvalue weighted by atomic mass is 16.1. The zero-order valence-electron chi connectivity index (χ0n) is 16.1. The number of hydrogen-bond donors (Lipinski definition) is 0. The second kappa shape index (κ2) is 11.2. The minimum atomic E-state index is 0.149. The first-order chi connectivity index (χ1) is 12.0. The lowest BCUT2D eigenvalue weighted by Gasteiger charge is -2.24. The first-order valence-corrected chi connectivity index (χ1v) is 9.00. The van der Waals surface area contributed by atoms with Gasteiger partial charge in [-0.3, -0.25) is 4.79 Å². The molecular formula is C23H31NO. The van der Waals surface area contributed by atoms with Crippen LogP contribution in [0.15, 0.2) is 78.2 Å². The highest BCUT2D eigenvalue weighted by molar-refractivity contribution is 5.96. The predicted molar refractivity (Wildman–Crippen MR) is 108 cm³/mol. The summed E-state index contributed by atoms with van der Waals surface area (Å²) in [5.41, 5.74) is 3.86. The number of carbonyl (C=O) groups is 1. The number of rotatable bonds is 10. The van der Waals surface area contributed by atoms with E-state index < -0.39 is 0 Å². The topological polar surface area (TPSA) is 20.3 Å². The van der Waals surface area contributed by atoms with Crippen LogP contribution in [0.3, 0.4) is 0 Å². The monoisotopic (exact) mass is 337 g/mol. The molecule has 0 radical (unpaired) electrons. The van der Waals surface area contributed by atoms with E-state index in [9.17, 15) is 4.79 Å². The fraction of sp³-hybridized carbons (Fsp3) is 0.348. The number of benzene rings is 1. The van der Waals surface area contributed by atoms with Crippen LogP contribution in [0.5, 0.6) is 0 Å². The smallest absolute Gasteiger partial charge is 0.164 e. The molecule has 0 aliphatic rings. The number of allylic oxidation sites excluding steroid dienone is 5. The molecule has 0 spiro atoms. The van der Waals surface area contributed by atoms with Crippen molar-refractivity contribution in [2.24, 2.45) is 0 Å². The summed E-state index contributed by atoms with van der Waals surface area (Å²) in [5, 5.41) is 0. The molecule has 2 nitrogen and oxygen atoms in total. The molecule has 1 rings (SSSR count). The van der Waals surface area contributed by atoms with Crippen LogP contribution in [0.2, 0.25) is 0 Å². The molecule has 1 aromatic carbocycles. The molecule has 0 aromatic heterocycles. The third kappa shape index (κ3) is 7.38. The number of hydrogen-bond acceptors (Lipinski definition) is 2. The van der Waals surface area contributed by atoms with E-state index >= 15 is 0 Å². The second-order valence-electron chi connectivity index (χ2n) is 6.27. The minimum Gasteiger partial charge on any atom is -0.348 e. The van der Waals surface area contributed by atoms with Gasteiger partial charge in [0.1, 0.15) is 0 Å². The maximum Gasteiger partial charge on any atom is 0.164 e. The molecule has 0 aliphatic carbocycles. The van der Waals surface area contributed by atoms with E-state index in [4.69, 9.17) is 0 Å². The normalized spacial score (nSPS) is 12.5. The van der Waals surface area contributed by atoms with Crippen molar-refractivity contribution in [2.75, 3.05) is 6.54 Å². The molecule has 0 N–H and O–H groups in total. The molecule has 0 atom stereocenters. The van der Waals surface area contributed by atoms with E-state index in [0.717, 1.165) is 41.8 Å². The van der Waals surface area contributed by atoms with Gasteiger partial charge in [-0.2, -0.15) is 0 Å². The van der Waals surface area contributed by atoms with E-state index in [1.807, 2.05) is 62.5 Å². The Morgan fingerprint density at radius 3 is 2.44 bits per heavy atom. The van der Waals surface area contributed by atoms with Crippen LogP contribution < -0.4 is 0 Å². The SMILES string of the molecule is C=C(/C(C)=C\C=C/C)N(/C=C(\C)C(=O)Cc1ccccc1)CCCC. The lowest BCUT2D eigenvalue weighted by molar-refractivity contribution is -0.115. The molecule has 0 amide bonds. The fourth-order valence-electron chi connectivity index (χ4n) is 2.40. The van der Waals surface area contributed by atoms with Crippen LogP contribution in [-0.2, 0) is 11.2 Å². The molecule has 0 saturated carbocycles. The van der Waals surface area contributed by atoms with Crippen LogP contribution in [0.25, 0.3) is 0 Å². The van der Waals surface area contributed by atoms with Crippen molar-refractivity contribution in [3.8, 4) is 0 Å². The number of nitrogens with zero attached hydrogens (tertiary/aromatic N) is 1. The Morgan fingerprint density at radius 1 is 1.16 bits per heavy atom. The summed E-state index contributed by atoms with van der Waals surface area (Å²) >= 11 is 0. The molecular weight excluding hydrogens is 306 g/mol. The van der Waals surface area contributed by atoms with Gasteiger partial charge >= 0.3 is 0 Å². The molecule has 0 unspecified atom stereocenters. The van der Waals surface area contributed by atoms with Gasteiger partial charge in [-0.25, -0.2) is 0 Å². The highest BCUT2D eigenvalue weighted by Crippen LogP contribution is 2.17. The van der Waals surface area contributed by atoms with Gasteiger partial charge in [-0.15, -0.1) is 0 Å².